The number of ether oxygens (including phenoxy) is 1. The number of rotatable bonds is 3. The lowest BCUT2D eigenvalue weighted by molar-refractivity contribution is -0.384. The molecule has 1 fully saturated rings. The number of thiophene rings is 1. The molecule has 1 aromatic heterocycles. The van der Waals surface area contributed by atoms with E-state index in [0.29, 0.717) is 37.5 Å². The van der Waals surface area contributed by atoms with Gasteiger partial charge in [0.15, 0.2) is 4.34 Å². The van der Waals surface area contributed by atoms with Gasteiger partial charge in [-0.05, 0) is 6.42 Å². The summed E-state index contributed by atoms with van der Waals surface area (Å²) in [7, 11) is -3.74. The first-order valence-corrected chi connectivity index (χ1v) is 8.08. The molecule has 0 amide bonds. The van der Waals surface area contributed by atoms with Crippen LogP contribution in [0.1, 0.15) is 6.42 Å². The smallest absolute Gasteiger partial charge is 0.300 e. The molecule has 0 aromatic carbocycles. The molecule has 1 aliphatic rings. The van der Waals surface area contributed by atoms with Crippen LogP contribution in [-0.4, -0.2) is 43.9 Å². The van der Waals surface area contributed by atoms with Gasteiger partial charge < -0.3 is 4.74 Å². The maximum absolute atomic E-state index is 12.3. The van der Waals surface area contributed by atoms with E-state index in [9.17, 15) is 18.5 Å². The summed E-state index contributed by atoms with van der Waals surface area (Å²) in [5, 5.41) is 10.7. The minimum absolute atomic E-state index is 0.105. The highest BCUT2D eigenvalue weighted by Gasteiger charge is 2.30. The van der Waals surface area contributed by atoms with Gasteiger partial charge >= 0.3 is 0 Å². The van der Waals surface area contributed by atoms with Crippen LogP contribution in [0.2, 0.25) is 4.34 Å². The SMILES string of the molecule is O=[N+]([O-])c1cc(S(=O)(=O)N2CCCOCC2)sc1Cl. The van der Waals surface area contributed by atoms with Crippen LogP contribution in [-0.2, 0) is 14.8 Å². The highest BCUT2D eigenvalue weighted by Crippen LogP contribution is 2.37. The molecule has 19 heavy (non-hydrogen) atoms. The fourth-order valence-corrected chi connectivity index (χ4v) is 4.96. The molecule has 0 aliphatic carbocycles. The molecular weight excluding hydrogens is 316 g/mol. The summed E-state index contributed by atoms with van der Waals surface area (Å²) < 4.78 is 30.9. The molecule has 0 unspecified atom stereocenters. The average Bonchev–Trinajstić information content (AvgIpc) is 2.58. The van der Waals surface area contributed by atoms with Gasteiger partial charge in [0, 0.05) is 25.8 Å². The molecule has 2 rings (SSSR count). The summed E-state index contributed by atoms with van der Waals surface area (Å²) in [6.45, 7) is 1.41. The van der Waals surface area contributed by atoms with E-state index >= 15 is 0 Å². The number of halogens is 1. The Bertz CT molecular complexity index is 577. The van der Waals surface area contributed by atoms with Crippen LogP contribution in [0.4, 0.5) is 5.69 Å². The zero-order chi connectivity index (χ0) is 14.0. The third-order valence-corrected chi connectivity index (χ3v) is 6.30. The largest absolute Gasteiger partial charge is 0.380 e. The number of sulfonamides is 1. The molecule has 10 heteroatoms. The topological polar surface area (TPSA) is 89.8 Å². The Morgan fingerprint density at radius 2 is 2.16 bits per heavy atom. The van der Waals surface area contributed by atoms with E-state index in [-0.39, 0.29) is 20.8 Å². The van der Waals surface area contributed by atoms with Crippen LogP contribution < -0.4 is 0 Å². The third kappa shape index (κ3) is 3.06. The van der Waals surface area contributed by atoms with Crippen LogP contribution >= 0.6 is 22.9 Å². The minimum Gasteiger partial charge on any atom is -0.380 e. The first-order chi connectivity index (χ1) is 8.93. The standard InChI is InChI=1S/C9H11ClN2O5S2/c10-9-7(12(13)14)6-8(18-9)19(15,16)11-2-1-4-17-5-3-11/h6H,1-5H2. The fraction of sp³-hybridized carbons (Fsp3) is 0.556. The predicted molar refractivity (Wildman–Crippen MR) is 70.2 cm³/mol. The van der Waals surface area contributed by atoms with Crippen molar-refractivity contribution < 1.29 is 18.1 Å². The lowest BCUT2D eigenvalue weighted by Crippen LogP contribution is -2.32. The molecule has 0 bridgehead atoms. The van der Waals surface area contributed by atoms with Crippen molar-refractivity contribution in [3.05, 3.63) is 20.5 Å². The van der Waals surface area contributed by atoms with Crippen molar-refractivity contribution in [1.29, 1.82) is 0 Å². The molecule has 1 saturated heterocycles. The van der Waals surface area contributed by atoms with Gasteiger partial charge in [-0.3, -0.25) is 10.1 Å². The molecule has 0 spiro atoms. The molecule has 106 valence electrons. The molecule has 2 heterocycles. The second-order valence-corrected chi connectivity index (χ2v) is 7.67. The van der Waals surface area contributed by atoms with Crippen molar-refractivity contribution in [2.45, 2.75) is 10.6 Å². The van der Waals surface area contributed by atoms with E-state index in [1.54, 1.807) is 0 Å². The zero-order valence-corrected chi connectivity index (χ0v) is 12.1. The molecule has 0 radical (unpaired) electrons. The fourth-order valence-electron chi connectivity index (χ4n) is 1.68. The zero-order valence-electron chi connectivity index (χ0n) is 9.74. The Morgan fingerprint density at radius 3 is 2.79 bits per heavy atom. The average molecular weight is 327 g/mol. The number of hydrogen-bond donors (Lipinski definition) is 0. The summed E-state index contributed by atoms with van der Waals surface area (Å²) in [5.74, 6) is 0. The van der Waals surface area contributed by atoms with Gasteiger partial charge in [0.2, 0.25) is 0 Å². The Kier molecular flexibility index (Phi) is 4.41. The van der Waals surface area contributed by atoms with E-state index in [2.05, 4.69) is 0 Å². The van der Waals surface area contributed by atoms with Crippen LogP contribution in [0, 0.1) is 10.1 Å². The summed E-state index contributed by atoms with van der Waals surface area (Å²) >= 11 is 6.39. The normalized spacial score (nSPS) is 18.2. The molecule has 0 atom stereocenters. The Hall–Kier alpha value is -0.740. The molecule has 7 nitrogen and oxygen atoms in total. The Balaban J connectivity index is 2.33. The van der Waals surface area contributed by atoms with Crippen molar-refractivity contribution in [2.24, 2.45) is 0 Å². The summed E-state index contributed by atoms with van der Waals surface area (Å²) in [4.78, 5) is 10.0. The van der Waals surface area contributed by atoms with Crippen molar-refractivity contribution >= 4 is 38.6 Å². The summed E-state index contributed by atoms with van der Waals surface area (Å²) in [5.41, 5.74) is -0.378. The van der Waals surface area contributed by atoms with E-state index in [1.807, 2.05) is 0 Å². The van der Waals surface area contributed by atoms with E-state index in [4.69, 9.17) is 16.3 Å². The van der Waals surface area contributed by atoms with Gasteiger partial charge in [0.05, 0.1) is 11.5 Å². The molecule has 0 N–H and O–H groups in total. The lowest BCUT2D eigenvalue weighted by Gasteiger charge is -2.17. The van der Waals surface area contributed by atoms with Crippen LogP contribution in [0.3, 0.4) is 0 Å². The highest BCUT2D eigenvalue weighted by atomic mass is 35.5. The maximum atomic E-state index is 12.3. The highest BCUT2D eigenvalue weighted by molar-refractivity contribution is 7.91. The molecular formula is C9H11ClN2O5S2. The van der Waals surface area contributed by atoms with Gasteiger partial charge in [0.25, 0.3) is 15.7 Å². The Morgan fingerprint density at radius 1 is 1.42 bits per heavy atom. The molecule has 1 aliphatic heterocycles. The molecule has 0 saturated carbocycles. The van der Waals surface area contributed by atoms with Crippen molar-refractivity contribution in [3.8, 4) is 0 Å². The first-order valence-electron chi connectivity index (χ1n) is 5.44. The second kappa shape index (κ2) is 5.71. The summed E-state index contributed by atoms with van der Waals surface area (Å²) in [6.07, 6.45) is 0.598. The van der Waals surface area contributed by atoms with Crippen molar-refractivity contribution in [2.75, 3.05) is 26.3 Å². The van der Waals surface area contributed by atoms with Gasteiger partial charge in [-0.2, -0.15) is 4.31 Å². The van der Waals surface area contributed by atoms with Gasteiger partial charge in [-0.1, -0.05) is 11.6 Å². The van der Waals surface area contributed by atoms with Gasteiger partial charge in [-0.15, -0.1) is 11.3 Å². The van der Waals surface area contributed by atoms with Crippen LogP contribution in [0.25, 0.3) is 0 Å². The quantitative estimate of drug-likeness (QED) is 0.623. The predicted octanol–water partition coefficient (Wildman–Crippen LogP) is 1.72. The number of nitro groups is 1. The minimum atomic E-state index is -3.74. The van der Waals surface area contributed by atoms with E-state index < -0.39 is 14.9 Å². The second-order valence-electron chi connectivity index (χ2n) is 3.85. The Labute approximate surface area is 118 Å². The number of hydrogen-bond acceptors (Lipinski definition) is 6. The van der Waals surface area contributed by atoms with Crippen molar-refractivity contribution in [3.63, 3.8) is 0 Å². The van der Waals surface area contributed by atoms with Crippen molar-refractivity contribution in [1.82, 2.24) is 4.31 Å². The van der Waals surface area contributed by atoms with Crippen LogP contribution in [0.5, 0.6) is 0 Å². The van der Waals surface area contributed by atoms with Gasteiger partial charge in [0.1, 0.15) is 4.21 Å². The van der Waals surface area contributed by atoms with Gasteiger partial charge in [-0.25, -0.2) is 8.42 Å². The molecule has 1 aromatic rings. The number of nitrogens with zero attached hydrogens (tertiary/aromatic N) is 2. The monoisotopic (exact) mass is 326 g/mol. The summed E-state index contributed by atoms with van der Waals surface area (Å²) in [6, 6.07) is 1.01. The van der Waals surface area contributed by atoms with Crippen LogP contribution in [0.15, 0.2) is 10.3 Å². The lowest BCUT2D eigenvalue weighted by atomic mass is 10.5. The first kappa shape index (κ1) is 14.7. The maximum Gasteiger partial charge on any atom is 0.300 e. The van der Waals surface area contributed by atoms with E-state index in [0.717, 1.165) is 6.07 Å². The third-order valence-electron chi connectivity index (χ3n) is 2.62. The van der Waals surface area contributed by atoms with E-state index in [1.165, 1.54) is 4.31 Å².